The van der Waals surface area contributed by atoms with Gasteiger partial charge in [0.1, 0.15) is 6.54 Å². The van der Waals surface area contributed by atoms with Crippen molar-refractivity contribution in [2.45, 2.75) is 18.5 Å². The van der Waals surface area contributed by atoms with E-state index in [-0.39, 0.29) is 12.5 Å². The van der Waals surface area contributed by atoms with Gasteiger partial charge >= 0.3 is 6.18 Å². The molecule has 0 saturated carbocycles. The van der Waals surface area contributed by atoms with Crippen molar-refractivity contribution < 1.29 is 18.0 Å². The Labute approximate surface area is 175 Å². The third-order valence-electron chi connectivity index (χ3n) is 4.60. The second-order valence-electron chi connectivity index (χ2n) is 6.88. The third kappa shape index (κ3) is 7.77. The van der Waals surface area contributed by atoms with Gasteiger partial charge in [0.15, 0.2) is 5.96 Å². The molecule has 0 unspecified atom stereocenters. The lowest BCUT2D eigenvalue weighted by Gasteiger charge is -2.21. The number of rotatable bonds is 8. The van der Waals surface area contributed by atoms with E-state index in [2.05, 4.69) is 39.9 Å². The standard InChI is InChI=1S/C22H27F3N4O/c1-26-21(28-15-20(30)29(2)16-22(23,24)25)27-14-13-19(17-9-5-3-6-10-17)18-11-7-4-8-12-18/h3-12,19H,13-16H2,1-2H3,(H2,26,27,28). The molecule has 30 heavy (non-hydrogen) atoms. The Bertz CT molecular complexity index is 771. The highest BCUT2D eigenvalue weighted by atomic mass is 19.4. The fourth-order valence-corrected chi connectivity index (χ4v) is 3.10. The van der Waals surface area contributed by atoms with Crippen LogP contribution in [0.3, 0.4) is 0 Å². The van der Waals surface area contributed by atoms with Crippen LogP contribution in [0.4, 0.5) is 13.2 Å². The zero-order chi connectivity index (χ0) is 22.0. The number of hydrogen-bond donors (Lipinski definition) is 2. The van der Waals surface area contributed by atoms with Gasteiger partial charge in [0.2, 0.25) is 5.91 Å². The van der Waals surface area contributed by atoms with Crippen molar-refractivity contribution in [3.8, 4) is 0 Å². The van der Waals surface area contributed by atoms with Crippen LogP contribution < -0.4 is 10.6 Å². The summed E-state index contributed by atoms with van der Waals surface area (Å²) in [6.07, 6.45) is -3.65. The van der Waals surface area contributed by atoms with E-state index in [1.54, 1.807) is 7.05 Å². The summed E-state index contributed by atoms with van der Waals surface area (Å²) in [7, 11) is 2.67. The summed E-state index contributed by atoms with van der Waals surface area (Å²) in [6.45, 7) is -0.983. The topological polar surface area (TPSA) is 56.7 Å². The van der Waals surface area contributed by atoms with Crippen LogP contribution in [0.15, 0.2) is 65.7 Å². The number of nitrogens with one attached hydrogen (secondary N) is 2. The first kappa shape index (κ1) is 23.3. The smallest absolute Gasteiger partial charge is 0.356 e. The van der Waals surface area contributed by atoms with Crippen molar-refractivity contribution in [2.75, 3.05) is 33.7 Å². The molecule has 0 saturated heterocycles. The number of hydrogen-bond acceptors (Lipinski definition) is 2. The molecule has 8 heteroatoms. The second kappa shape index (κ2) is 11.2. The lowest BCUT2D eigenvalue weighted by molar-refractivity contribution is -0.157. The Morgan fingerprint density at radius 3 is 2.00 bits per heavy atom. The maximum absolute atomic E-state index is 12.4. The SMILES string of the molecule is CN=C(NCCC(c1ccccc1)c1ccccc1)NCC(=O)N(C)CC(F)(F)F. The first-order chi connectivity index (χ1) is 14.3. The number of alkyl halides is 3. The predicted molar refractivity (Wildman–Crippen MR) is 112 cm³/mol. The number of benzene rings is 2. The van der Waals surface area contributed by atoms with Gasteiger partial charge in [-0.2, -0.15) is 13.2 Å². The molecule has 0 aromatic heterocycles. The zero-order valence-electron chi connectivity index (χ0n) is 17.1. The highest BCUT2D eigenvalue weighted by molar-refractivity contribution is 5.86. The number of nitrogens with zero attached hydrogens (tertiary/aromatic N) is 2. The normalized spacial score (nSPS) is 12.0. The molecule has 0 aliphatic rings. The molecular weight excluding hydrogens is 393 g/mol. The van der Waals surface area contributed by atoms with Gasteiger partial charge in [0.25, 0.3) is 0 Å². The molecule has 0 heterocycles. The number of carbonyl (C=O) groups excluding carboxylic acids is 1. The van der Waals surface area contributed by atoms with Crippen LogP contribution in [0, 0.1) is 0 Å². The Morgan fingerprint density at radius 2 is 1.53 bits per heavy atom. The van der Waals surface area contributed by atoms with Crippen LogP contribution in [0.2, 0.25) is 0 Å². The summed E-state index contributed by atoms with van der Waals surface area (Å²) >= 11 is 0. The summed E-state index contributed by atoms with van der Waals surface area (Å²) in [4.78, 5) is 16.6. The molecule has 0 aliphatic heterocycles. The molecule has 0 radical (unpaired) electrons. The van der Waals surface area contributed by atoms with E-state index >= 15 is 0 Å². The molecule has 2 N–H and O–H groups in total. The van der Waals surface area contributed by atoms with E-state index in [1.165, 1.54) is 11.1 Å². The first-order valence-electron chi connectivity index (χ1n) is 9.65. The molecule has 0 fully saturated rings. The van der Waals surface area contributed by atoms with Crippen LogP contribution >= 0.6 is 0 Å². The van der Waals surface area contributed by atoms with Gasteiger partial charge in [-0.25, -0.2) is 0 Å². The summed E-state index contributed by atoms with van der Waals surface area (Å²) in [5.74, 6) is -0.122. The van der Waals surface area contributed by atoms with Gasteiger partial charge in [-0.3, -0.25) is 9.79 Å². The highest BCUT2D eigenvalue weighted by Gasteiger charge is 2.31. The van der Waals surface area contributed by atoms with Crippen molar-refractivity contribution in [3.63, 3.8) is 0 Å². The number of amides is 1. The maximum atomic E-state index is 12.4. The number of halogens is 3. The third-order valence-corrected chi connectivity index (χ3v) is 4.60. The van der Waals surface area contributed by atoms with Crippen molar-refractivity contribution in [1.82, 2.24) is 15.5 Å². The fourth-order valence-electron chi connectivity index (χ4n) is 3.10. The van der Waals surface area contributed by atoms with Crippen molar-refractivity contribution in [1.29, 1.82) is 0 Å². The van der Waals surface area contributed by atoms with Gasteiger partial charge in [-0.15, -0.1) is 0 Å². The largest absolute Gasteiger partial charge is 0.406 e. The molecule has 0 aliphatic carbocycles. The molecule has 5 nitrogen and oxygen atoms in total. The Balaban J connectivity index is 1.90. The minimum absolute atomic E-state index is 0.178. The fraction of sp³-hybridized carbons (Fsp3) is 0.364. The zero-order valence-corrected chi connectivity index (χ0v) is 17.1. The number of carbonyl (C=O) groups is 1. The molecule has 2 aromatic carbocycles. The lowest BCUT2D eigenvalue weighted by atomic mass is 9.88. The Hall–Kier alpha value is -3.03. The Kier molecular flexibility index (Phi) is 8.70. The van der Waals surface area contributed by atoms with Crippen LogP contribution in [0.1, 0.15) is 23.5 Å². The summed E-state index contributed by atoms with van der Waals surface area (Å²) in [5.41, 5.74) is 2.38. The van der Waals surface area contributed by atoms with Crippen molar-refractivity contribution in [2.24, 2.45) is 4.99 Å². The van der Waals surface area contributed by atoms with E-state index in [0.29, 0.717) is 17.4 Å². The van der Waals surface area contributed by atoms with Crippen LogP contribution in [-0.4, -0.2) is 56.7 Å². The van der Waals surface area contributed by atoms with Gasteiger partial charge < -0.3 is 15.5 Å². The lowest BCUT2D eigenvalue weighted by Crippen LogP contribution is -2.45. The van der Waals surface area contributed by atoms with E-state index in [0.717, 1.165) is 13.5 Å². The van der Waals surface area contributed by atoms with Gasteiger partial charge in [0.05, 0.1) is 6.54 Å². The van der Waals surface area contributed by atoms with E-state index in [1.807, 2.05) is 36.4 Å². The monoisotopic (exact) mass is 420 g/mol. The minimum atomic E-state index is -4.42. The second-order valence-corrected chi connectivity index (χ2v) is 6.88. The van der Waals surface area contributed by atoms with E-state index in [9.17, 15) is 18.0 Å². The summed E-state index contributed by atoms with van der Waals surface area (Å²) in [6, 6.07) is 20.3. The molecule has 2 aromatic rings. The number of likely N-dealkylation sites (N-methyl/N-ethyl adjacent to an activating group) is 1. The van der Waals surface area contributed by atoms with Crippen LogP contribution in [0.5, 0.6) is 0 Å². The Morgan fingerprint density at radius 1 is 1.00 bits per heavy atom. The molecular formula is C22H27F3N4O. The molecule has 1 amide bonds. The summed E-state index contributed by atoms with van der Waals surface area (Å²) in [5, 5.41) is 5.90. The van der Waals surface area contributed by atoms with Crippen molar-refractivity contribution >= 4 is 11.9 Å². The van der Waals surface area contributed by atoms with Gasteiger partial charge in [-0.1, -0.05) is 60.7 Å². The molecule has 0 spiro atoms. The van der Waals surface area contributed by atoms with Gasteiger partial charge in [-0.05, 0) is 17.5 Å². The minimum Gasteiger partial charge on any atom is -0.356 e. The predicted octanol–water partition coefficient (Wildman–Crippen LogP) is 3.39. The average Bonchev–Trinajstić information content (AvgIpc) is 2.73. The van der Waals surface area contributed by atoms with Gasteiger partial charge in [0, 0.05) is 26.6 Å². The molecule has 0 bridgehead atoms. The van der Waals surface area contributed by atoms with E-state index < -0.39 is 18.6 Å². The van der Waals surface area contributed by atoms with E-state index in [4.69, 9.17) is 0 Å². The van der Waals surface area contributed by atoms with Crippen molar-refractivity contribution in [3.05, 3.63) is 71.8 Å². The first-order valence-corrected chi connectivity index (χ1v) is 9.65. The quantitative estimate of drug-likeness (QED) is 0.509. The molecule has 2 rings (SSSR count). The van der Waals surface area contributed by atoms with Crippen LogP contribution in [-0.2, 0) is 4.79 Å². The summed E-state index contributed by atoms with van der Waals surface area (Å²) < 4.78 is 37.2. The number of guanidine groups is 1. The maximum Gasteiger partial charge on any atom is 0.406 e. The number of aliphatic imine (C=N–C) groups is 1. The molecule has 162 valence electrons. The van der Waals surface area contributed by atoms with Crippen LogP contribution in [0.25, 0.3) is 0 Å². The highest BCUT2D eigenvalue weighted by Crippen LogP contribution is 2.27. The molecule has 0 atom stereocenters. The average molecular weight is 420 g/mol.